The maximum absolute atomic E-state index is 12.0. The van der Waals surface area contributed by atoms with E-state index in [0.29, 0.717) is 19.6 Å². The van der Waals surface area contributed by atoms with E-state index in [1.165, 1.54) is 5.56 Å². The van der Waals surface area contributed by atoms with Gasteiger partial charge in [-0.15, -0.1) is 0 Å². The minimum absolute atomic E-state index is 0.0559. The monoisotopic (exact) mass is 290 g/mol. The molecule has 1 heterocycles. The first kappa shape index (κ1) is 15.5. The average molecular weight is 290 g/mol. The summed E-state index contributed by atoms with van der Waals surface area (Å²) in [5.74, 6) is -1.01. The number of amides is 1. The van der Waals surface area contributed by atoms with Crippen molar-refractivity contribution in [3.05, 3.63) is 29.3 Å². The molecule has 0 bridgehead atoms. The van der Waals surface area contributed by atoms with Crippen LogP contribution in [0.5, 0.6) is 0 Å². The molecule has 1 atom stereocenters. The van der Waals surface area contributed by atoms with Crippen LogP contribution in [-0.2, 0) is 9.59 Å². The summed E-state index contributed by atoms with van der Waals surface area (Å²) in [4.78, 5) is 24.8. The minimum atomic E-state index is -0.765. The minimum Gasteiger partial charge on any atom is -0.481 e. The van der Waals surface area contributed by atoms with Crippen molar-refractivity contribution in [3.63, 3.8) is 0 Å². The van der Waals surface area contributed by atoms with Gasteiger partial charge in [-0.1, -0.05) is 13.0 Å². The van der Waals surface area contributed by atoms with Crippen molar-refractivity contribution in [2.75, 3.05) is 25.0 Å². The summed E-state index contributed by atoms with van der Waals surface area (Å²) >= 11 is 0. The second-order valence-electron chi connectivity index (χ2n) is 5.93. The average Bonchev–Trinajstić information content (AvgIpc) is 2.37. The molecule has 21 heavy (non-hydrogen) atoms. The lowest BCUT2D eigenvalue weighted by Gasteiger charge is -2.40. The Bertz CT molecular complexity index is 550. The van der Waals surface area contributed by atoms with Crippen LogP contribution < -0.4 is 5.32 Å². The van der Waals surface area contributed by atoms with Crippen molar-refractivity contribution in [1.82, 2.24) is 4.90 Å². The molecule has 0 aliphatic carbocycles. The highest BCUT2D eigenvalue weighted by atomic mass is 16.4. The molecule has 114 valence electrons. The van der Waals surface area contributed by atoms with Crippen LogP contribution in [0.3, 0.4) is 0 Å². The molecular weight excluding hydrogens is 268 g/mol. The quantitative estimate of drug-likeness (QED) is 0.869. The Labute approximate surface area is 125 Å². The maximum atomic E-state index is 12.0. The van der Waals surface area contributed by atoms with Crippen LogP contribution in [0.2, 0.25) is 0 Å². The van der Waals surface area contributed by atoms with Gasteiger partial charge in [-0.05, 0) is 43.0 Å². The van der Waals surface area contributed by atoms with Gasteiger partial charge in [0, 0.05) is 18.8 Å². The zero-order valence-electron chi connectivity index (χ0n) is 12.7. The normalized spacial score (nSPS) is 17.1. The van der Waals surface area contributed by atoms with Crippen LogP contribution in [0.25, 0.3) is 0 Å². The van der Waals surface area contributed by atoms with Gasteiger partial charge in [0.1, 0.15) is 0 Å². The van der Waals surface area contributed by atoms with Gasteiger partial charge in [-0.2, -0.15) is 0 Å². The molecule has 1 unspecified atom stereocenters. The largest absolute Gasteiger partial charge is 0.481 e. The number of benzene rings is 1. The predicted octanol–water partition coefficient (Wildman–Crippen LogP) is 1.89. The summed E-state index contributed by atoms with van der Waals surface area (Å²) in [5.41, 5.74) is 3.15. The Morgan fingerprint density at radius 1 is 1.33 bits per heavy atom. The fourth-order valence-corrected chi connectivity index (χ4v) is 2.48. The van der Waals surface area contributed by atoms with Crippen molar-refractivity contribution in [2.24, 2.45) is 11.8 Å². The Kier molecular flexibility index (Phi) is 4.63. The first-order valence-electron chi connectivity index (χ1n) is 7.19. The SMILES string of the molecule is Cc1ccc(NC(=O)CN2CC(C(C)C(=O)O)C2)cc1C. The lowest BCUT2D eigenvalue weighted by atomic mass is 9.87. The van der Waals surface area contributed by atoms with Crippen molar-refractivity contribution in [1.29, 1.82) is 0 Å². The van der Waals surface area contributed by atoms with Crippen LogP contribution >= 0.6 is 0 Å². The summed E-state index contributed by atoms with van der Waals surface area (Å²) < 4.78 is 0. The van der Waals surface area contributed by atoms with Gasteiger partial charge in [0.05, 0.1) is 12.5 Å². The molecule has 1 fully saturated rings. The van der Waals surface area contributed by atoms with E-state index in [1.54, 1.807) is 6.92 Å². The molecule has 1 aromatic rings. The highest BCUT2D eigenvalue weighted by molar-refractivity contribution is 5.92. The number of likely N-dealkylation sites (tertiary alicyclic amines) is 1. The van der Waals surface area contributed by atoms with Gasteiger partial charge in [-0.25, -0.2) is 0 Å². The Morgan fingerprint density at radius 3 is 2.57 bits per heavy atom. The number of rotatable bonds is 5. The smallest absolute Gasteiger partial charge is 0.306 e. The maximum Gasteiger partial charge on any atom is 0.306 e. The van der Waals surface area contributed by atoms with E-state index in [2.05, 4.69) is 5.32 Å². The van der Waals surface area contributed by atoms with Gasteiger partial charge in [0.15, 0.2) is 0 Å². The fourth-order valence-electron chi connectivity index (χ4n) is 2.48. The molecule has 1 saturated heterocycles. The number of carboxylic acid groups (broad SMARTS) is 1. The van der Waals surface area contributed by atoms with Gasteiger partial charge < -0.3 is 10.4 Å². The van der Waals surface area contributed by atoms with E-state index in [4.69, 9.17) is 5.11 Å². The second kappa shape index (κ2) is 6.26. The van der Waals surface area contributed by atoms with Gasteiger partial charge in [0.2, 0.25) is 5.91 Å². The summed E-state index contributed by atoms with van der Waals surface area (Å²) in [7, 11) is 0. The number of aryl methyl sites for hydroxylation is 2. The van der Waals surface area contributed by atoms with Crippen LogP contribution in [0.15, 0.2) is 18.2 Å². The number of carboxylic acids is 1. The van der Waals surface area contributed by atoms with Crippen LogP contribution in [-0.4, -0.2) is 41.5 Å². The van der Waals surface area contributed by atoms with Crippen molar-refractivity contribution >= 4 is 17.6 Å². The summed E-state index contributed by atoms with van der Waals surface area (Å²) in [5, 5.41) is 11.8. The lowest BCUT2D eigenvalue weighted by Crippen LogP contribution is -2.53. The topological polar surface area (TPSA) is 69.6 Å². The molecule has 5 heteroatoms. The van der Waals surface area contributed by atoms with Crippen LogP contribution in [0.1, 0.15) is 18.1 Å². The predicted molar refractivity (Wildman–Crippen MR) is 81.3 cm³/mol. The molecule has 1 aliphatic heterocycles. The summed E-state index contributed by atoms with van der Waals surface area (Å²) in [6.45, 7) is 7.43. The molecule has 0 radical (unpaired) electrons. The number of anilines is 1. The summed E-state index contributed by atoms with van der Waals surface area (Å²) in [6, 6.07) is 5.84. The number of aliphatic carboxylic acids is 1. The molecule has 0 saturated carbocycles. The van der Waals surface area contributed by atoms with Crippen LogP contribution in [0, 0.1) is 25.7 Å². The van der Waals surface area contributed by atoms with Crippen molar-refractivity contribution < 1.29 is 14.7 Å². The Balaban J connectivity index is 1.79. The van der Waals surface area contributed by atoms with Gasteiger partial charge in [0.25, 0.3) is 0 Å². The highest BCUT2D eigenvalue weighted by Gasteiger charge is 2.35. The summed E-state index contributed by atoms with van der Waals surface area (Å²) in [6.07, 6.45) is 0. The first-order chi connectivity index (χ1) is 9.86. The molecule has 1 aliphatic rings. The highest BCUT2D eigenvalue weighted by Crippen LogP contribution is 2.23. The van der Waals surface area contributed by atoms with Gasteiger partial charge >= 0.3 is 5.97 Å². The van der Waals surface area contributed by atoms with E-state index >= 15 is 0 Å². The number of hydrogen-bond acceptors (Lipinski definition) is 3. The molecule has 5 nitrogen and oxygen atoms in total. The van der Waals surface area contributed by atoms with E-state index in [-0.39, 0.29) is 17.7 Å². The number of nitrogens with zero attached hydrogens (tertiary/aromatic N) is 1. The molecule has 1 aromatic carbocycles. The molecular formula is C16H22N2O3. The molecule has 0 aromatic heterocycles. The molecule has 2 rings (SSSR count). The number of carbonyl (C=O) groups excluding carboxylic acids is 1. The van der Waals surface area contributed by atoms with E-state index in [0.717, 1.165) is 11.3 Å². The van der Waals surface area contributed by atoms with E-state index < -0.39 is 5.97 Å². The molecule has 0 spiro atoms. The molecule has 2 N–H and O–H groups in total. The lowest BCUT2D eigenvalue weighted by molar-refractivity contribution is -0.145. The number of carbonyl (C=O) groups is 2. The van der Waals surface area contributed by atoms with Gasteiger partial charge in [-0.3, -0.25) is 14.5 Å². The third kappa shape index (κ3) is 3.82. The standard InChI is InChI=1S/C16H22N2O3/c1-10-4-5-14(6-11(10)2)17-15(19)9-18-7-13(8-18)12(3)16(20)21/h4-6,12-13H,7-9H2,1-3H3,(H,17,19)(H,20,21). The molecule has 1 amide bonds. The third-order valence-corrected chi connectivity index (χ3v) is 4.24. The first-order valence-corrected chi connectivity index (χ1v) is 7.19. The number of hydrogen-bond donors (Lipinski definition) is 2. The number of nitrogens with one attached hydrogen (secondary N) is 1. The van der Waals surface area contributed by atoms with Crippen molar-refractivity contribution in [2.45, 2.75) is 20.8 Å². The van der Waals surface area contributed by atoms with E-state index in [1.807, 2.05) is 36.9 Å². The second-order valence-corrected chi connectivity index (χ2v) is 5.93. The zero-order valence-corrected chi connectivity index (χ0v) is 12.7. The Morgan fingerprint density at radius 2 is 2.00 bits per heavy atom. The Hall–Kier alpha value is -1.88. The van der Waals surface area contributed by atoms with E-state index in [9.17, 15) is 9.59 Å². The van der Waals surface area contributed by atoms with Crippen LogP contribution in [0.4, 0.5) is 5.69 Å². The van der Waals surface area contributed by atoms with Crippen molar-refractivity contribution in [3.8, 4) is 0 Å². The fraction of sp³-hybridized carbons (Fsp3) is 0.500. The third-order valence-electron chi connectivity index (χ3n) is 4.24. The zero-order chi connectivity index (χ0) is 15.6.